The Bertz CT molecular complexity index is 1450. The second-order valence-electron chi connectivity index (χ2n) is 12.0. The van der Waals surface area contributed by atoms with Crippen LogP contribution in [-0.4, -0.2) is 5.66 Å². The molecule has 0 spiro atoms. The molecule has 5 aromatic rings. The summed E-state index contributed by atoms with van der Waals surface area (Å²) in [5, 5.41) is 7.41. The Kier molecular flexibility index (Phi) is 13.1. The van der Waals surface area contributed by atoms with Crippen LogP contribution >= 0.6 is 15.8 Å². The number of rotatable bonds is 8. The molecule has 0 N–H and O–H groups in total. The van der Waals surface area contributed by atoms with E-state index in [2.05, 4.69) is 165 Å². The fraction of sp³-hybridized carbons (Fsp3) is 0.238. The van der Waals surface area contributed by atoms with E-state index in [1.165, 1.54) is 65.0 Å². The van der Waals surface area contributed by atoms with Crippen LogP contribution in [-0.2, 0) is 17.1 Å². The summed E-state index contributed by atoms with van der Waals surface area (Å²) in [7, 11) is -1.07. The van der Waals surface area contributed by atoms with Gasteiger partial charge in [-0.3, -0.25) is 0 Å². The molecular formula is C42H44FeP2. The van der Waals surface area contributed by atoms with Gasteiger partial charge in [-0.25, -0.2) is 0 Å². The predicted octanol–water partition coefficient (Wildman–Crippen LogP) is 9.43. The largest absolute Gasteiger partial charge is 0.0622 e. The maximum atomic E-state index is 2.55. The van der Waals surface area contributed by atoms with Crippen molar-refractivity contribution < 1.29 is 17.1 Å². The summed E-state index contributed by atoms with van der Waals surface area (Å²) < 4.78 is 0. The van der Waals surface area contributed by atoms with Crippen LogP contribution in [0.15, 0.2) is 146 Å². The van der Waals surface area contributed by atoms with E-state index in [0.717, 1.165) is 0 Å². The smallest absolute Gasteiger partial charge is 0 e. The summed E-state index contributed by atoms with van der Waals surface area (Å²) in [6.07, 6.45) is 12.4. The minimum Gasteiger partial charge on any atom is -0.0622 e. The standard InChI is InChI=1S/C37H36P2.C5H8.Fe/c1-29(38(30-17-6-2-7-18-30)31-19-8-3-9-20-31)34-26-16-27-35(34)36-25-14-15-28-37(36)39(32-21-10-4-11-22-32)33-23-12-5-13-24-33;1-2-4-5-3-1;/h2-15,17-25,28-29,34-35H,16,26-27H2,1H3;1-2H,3-5H2;/t29-,34?,35?;;/m0../s1. The van der Waals surface area contributed by atoms with Gasteiger partial charge in [-0.15, -0.1) is 0 Å². The molecule has 7 rings (SSSR count). The number of benzene rings is 5. The SMILES string of the molecule is C[C@@H](C1CCCC1c1ccccc1P(c1ccccc1)c1ccccc1)P(c1ccccc1)c1ccccc1.[CH]1[CH]CCC1.[Fe]. The quantitative estimate of drug-likeness (QED) is 0.114. The fourth-order valence-electron chi connectivity index (χ4n) is 7.12. The molecule has 0 aliphatic heterocycles. The van der Waals surface area contributed by atoms with E-state index < -0.39 is 15.8 Å². The van der Waals surface area contributed by atoms with Crippen molar-refractivity contribution in [1.82, 2.24) is 0 Å². The van der Waals surface area contributed by atoms with Crippen LogP contribution in [0.25, 0.3) is 0 Å². The first-order valence-corrected chi connectivity index (χ1v) is 19.1. The Morgan fingerprint density at radius 2 is 0.956 bits per heavy atom. The van der Waals surface area contributed by atoms with Crippen molar-refractivity contribution in [1.29, 1.82) is 0 Å². The molecule has 5 aromatic carbocycles. The van der Waals surface area contributed by atoms with Crippen LogP contribution in [0.2, 0.25) is 0 Å². The Hall–Kier alpha value is -2.52. The topological polar surface area (TPSA) is 0 Å². The van der Waals surface area contributed by atoms with Gasteiger partial charge in [-0.05, 0) is 104 Å². The second-order valence-corrected chi connectivity index (χ2v) is 16.7. The predicted molar refractivity (Wildman–Crippen MR) is 196 cm³/mol. The van der Waals surface area contributed by atoms with Gasteiger partial charge < -0.3 is 0 Å². The molecule has 0 bridgehead atoms. The van der Waals surface area contributed by atoms with Gasteiger partial charge in [0.1, 0.15) is 0 Å². The summed E-state index contributed by atoms with van der Waals surface area (Å²) in [6, 6.07) is 54.4. The van der Waals surface area contributed by atoms with Crippen molar-refractivity contribution in [2.75, 3.05) is 0 Å². The van der Waals surface area contributed by atoms with Crippen molar-refractivity contribution in [3.8, 4) is 0 Å². The van der Waals surface area contributed by atoms with Crippen molar-refractivity contribution in [3.05, 3.63) is 164 Å². The van der Waals surface area contributed by atoms with Gasteiger partial charge >= 0.3 is 0 Å². The van der Waals surface area contributed by atoms with Crippen LogP contribution in [0.1, 0.15) is 56.9 Å². The van der Waals surface area contributed by atoms with E-state index in [4.69, 9.17) is 0 Å². The van der Waals surface area contributed by atoms with Gasteiger partial charge in [-0.2, -0.15) is 0 Å². The molecule has 2 radical (unpaired) electrons. The molecule has 230 valence electrons. The Morgan fingerprint density at radius 3 is 1.42 bits per heavy atom. The molecule has 0 aromatic heterocycles. The summed E-state index contributed by atoms with van der Waals surface area (Å²) in [4.78, 5) is 0. The van der Waals surface area contributed by atoms with E-state index in [1.54, 1.807) is 5.56 Å². The molecule has 2 aliphatic carbocycles. The zero-order valence-corrected chi connectivity index (χ0v) is 29.1. The average Bonchev–Trinajstić information content (AvgIpc) is 3.84. The van der Waals surface area contributed by atoms with E-state index in [9.17, 15) is 0 Å². The molecule has 0 heterocycles. The Balaban J connectivity index is 0.000000609. The van der Waals surface area contributed by atoms with Gasteiger partial charge in [0.05, 0.1) is 0 Å². The zero-order chi connectivity index (χ0) is 30.0. The van der Waals surface area contributed by atoms with Gasteiger partial charge in [0.25, 0.3) is 0 Å². The molecule has 3 atom stereocenters. The van der Waals surface area contributed by atoms with Crippen LogP contribution in [0.3, 0.4) is 0 Å². The number of hydrogen-bond acceptors (Lipinski definition) is 0. The molecule has 0 nitrogen and oxygen atoms in total. The first kappa shape index (κ1) is 33.8. The van der Waals surface area contributed by atoms with Crippen LogP contribution < -0.4 is 26.5 Å². The minimum atomic E-state index is -0.619. The minimum absolute atomic E-state index is 0. The maximum absolute atomic E-state index is 2.55. The summed E-state index contributed by atoms with van der Waals surface area (Å²) in [5.41, 5.74) is 2.19. The third-order valence-electron chi connectivity index (χ3n) is 9.18. The first-order valence-electron chi connectivity index (χ1n) is 16.3. The third-order valence-corrected chi connectivity index (χ3v) is 14.6. The molecule has 0 saturated heterocycles. The first-order chi connectivity index (χ1) is 21.8. The van der Waals surface area contributed by atoms with Crippen LogP contribution in [0.4, 0.5) is 0 Å². The van der Waals surface area contributed by atoms with Crippen molar-refractivity contribution in [2.45, 2.75) is 57.0 Å². The summed E-state index contributed by atoms with van der Waals surface area (Å²) in [5.74, 6) is 1.26. The van der Waals surface area contributed by atoms with E-state index in [0.29, 0.717) is 17.5 Å². The molecule has 3 heteroatoms. The molecule has 2 unspecified atom stereocenters. The Morgan fingerprint density at radius 1 is 0.511 bits per heavy atom. The monoisotopic (exact) mass is 666 g/mol. The van der Waals surface area contributed by atoms with Crippen molar-refractivity contribution >= 4 is 42.4 Å². The average molecular weight is 667 g/mol. The molecule has 45 heavy (non-hydrogen) atoms. The van der Waals surface area contributed by atoms with Crippen molar-refractivity contribution in [3.63, 3.8) is 0 Å². The molecule has 0 amide bonds. The van der Waals surface area contributed by atoms with Crippen LogP contribution in [0, 0.1) is 18.8 Å². The van der Waals surface area contributed by atoms with Crippen LogP contribution in [0.5, 0.6) is 0 Å². The maximum Gasteiger partial charge on any atom is 0 e. The van der Waals surface area contributed by atoms with Crippen molar-refractivity contribution in [2.24, 2.45) is 5.92 Å². The van der Waals surface area contributed by atoms with Gasteiger partial charge in [0.15, 0.2) is 0 Å². The Labute approximate surface area is 285 Å². The second kappa shape index (κ2) is 17.4. The summed E-state index contributed by atoms with van der Waals surface area (Å²) >= 11 is 0. The van der Waals surface area contributed by atoms with Gasteiger partial charge in [0, 0.05) is 17.1 Å². The third kappa shape index (κ3) is 8.45. The van der Waals surface area contributed by atoms with Gasteiger partial charge in [0.2, 0.25) is 0 Å². The van der Waals surface area contributed by atoms with Gasteiger partial charge in [-0.1, -0.05) is 165 Å². The van der Waals surface area contributed by atoms with E-state index >= 15 is 0 Å². The molecular weight excluding hydrogens is 622 g/mol. The normalized spacial score (nSPS) is 18.2. The van der Waals surface area contributed by atoms with E-state index in [-0.39, 0.29) is 17.1 Å². The molecule has 2 saturated carbocycles. The zero-order valence-electron chi connectivity index (χ0n) is 26.2. The fourth-order valence-corrected chi connectivity index (χ4v) is 12.6. The number of hydrogen-bond donors (Lipinski definition) is 0. The molecule has 2 aliphatic rings. The van der Waals surface area contributed by atoms with E-state index in [1.807, 2.05) is 0 Å². The molecule has 2 fully saturated rings. The summed E-state index contributed by atoms with van der Waals surface area (Å²) in [6.45, 7) is 2.55.